The molecule has 132 valence electrons. The molecule has 0 aliphatic rings. The van der Waals surface area contributed by atoms with Gasteiger partial charge in [-0.25, -0.2) is 0 Å². The Kier molecular flexibility index (Phi) is 6.24. The Morgan fingerprint density at radius 2 is 1.68 bits per heavy atom. The lowest BCUT2D eigenvalue weighted by Gasteiger charge is -2.13. The minimum atomic E-state index is -0.458. The number of carbonyl (C=O) groups excluding carboxylic acids is 1. The van der Waals surface area contributed by atoms with Gasteiger partial charge in [0.1, 0.15) is 11.5 Å². The van der Waals surface area contributed by atoms with Gasteiger partial charge >= 0.3 is 0 Å². The van der Waals surface area contributed by atoms with Crippen LogP contribution in [0.4, 0.5) is 11.4 Å². The van der Waals surface area contributed by atoms with E-state index in [1.165, 1.54) is 38.1 Å². The van der Waals surface area contributed by atoms with Crippen molar-refractivity contribution >= 4 is 29.0 Å². The molecule has 0 spiro atoms. The predicted molar refractivity (Wildman–Crippen MR) is 96.6 cm³/mol. The predicted octanol–water partition coefficient (Wildman–Crippen LogP) is 3.73. The summed E-state index contributed by atoms with van der Waals surface area (Å²) in [6, 6.07) is 11.2. The second kappa shape index (κ2) is 8.39. The number of amides is 1. The summed E-state index contributed by atoms with van der Waals surface area (Å²) < 4.78 is 10.3. The van der Waals surface area contributed by atoms with E-state index in [9.17, 15) is 14.9 Å². The largest absolute Gasteiger partial charge is 0.497 e. The van der Waals surface area contributed by atoms with Crippen molar-refractivity contribution in [2.24, 2.45) is 0 Å². The zero-order chi connectivity index (χ0) is 18.4. The maximum absolute atomic E-state index is 12.4. The van der Waals surface area contributed by atoms with Gasteiger partial charge in [-0.1, -0.05) is 0 Å². The molecule has 1 atom stereocenters. The van der Waals surface area contributed by atoms with Crippen LogP contribution in [0, 0.1) is 10.1 Å². The van der Waals surface area contributed by atoms with Gasteiger partial charge in [0.15, 0.2) is 0 Å². The number of carbonyl (C=O) groups is 1. The molecule has 0 saturated carbocycles. The third kappa shape index (κ3) is 5.12. The summed E-state index contributed by atoms with van der Waals surface area (Å²) in [4.78, 5) is 23.4. The van der Waals surface area contributed by atoms with E-state index in [1.54, 1.807) is 37.3 Å². The highest BCUT2D eigenvalue weighted by molar-refractivity contribution is 8.00. The fraction of sp³-hybridized carbons (Fsp3) is 0.235. The first-order chi connectivity index (χ1) is 11.9. The fourth-order valence-corrected chi connectivity index (χ4v) is 2.89. The van der Waals surface area contributed by atoms with E-state index in [4.69, 9.17) is 9.47 Å². The van der Waals surface area contributed by atoms with Crippen molar-refractivity contribution in [3.63, 3.8) is 0 Å². The molecule has 0 aliphatic heterocycles. The van der Waals surface area contributed by atoms with Crippen LogP contribution in [0.2, 0.25) is 0 Å². The number of methoxy groups -OCH3 is 2. The summed E-state index contributed by atoms with van der Waals surface area (Å²) in [5, 5.41) is 13.1. The topological polar surface area (TPSA) is 90.7 Å². The van der Waals surface area contributed by atoms with E-state index >= 15 is 0 Å². The number of nitro benzene ring substituents is 1. The fourth-order valence-electron chi connectivity index (χ4n) is 2.03. The smallest absolute Gasteiger partial charge is 0.269 e. The number of thioether (sulfide) groups is 1. The van der Waals surface area contributed by atoms with Crippen molar-refractivity contribution in [1.29, 1.82) is 0 Å². The molecule has 2 aromatic carbocycles. The Labute approximate surface area is 149 Å². The van der Waals surface area contributed by atoms with Crippen LogP contribution in [-0.2, 0) is 4.79 Å². The monoisotopic (exact) mass is 362 g/mol. The maximum atomic E-state index is 12.4. The number of nitro groups is 1. The third-order valence-electron chi connectivity index (χ3n) is 3.35. The summed E-state index contributed by atoms with van der Waals surface area (Å²) >= 11 is 1.31. The molecule has 1 amide bonds. The van der Waals surface area contributed by atoms with Gasteiger partial charge in [0.2, 0.25) is 5.91 Å². The summed E-state index contributed by atoms with van der Waals surface area (Å²) in [6.45, 7) is 1.76. The average Bonchev–Trinajstić information content (AvgIpc) is 2.61. The lowest BCUT2D eigenvalue weighted by atomic mass is 10.2. The van der Waals surface area contributed by atoms with Gasteiger partial charge in [-0.2, -0.15) is 0 Å². The molecule has 7 nitrogen and oxygen atoms in total. The van der Waals surface area contributed by atoms with Crippen molar-refractivity contribution < 1.29 is 19.2 Å². The average molecular weight is 362 g/mol. The molecule has 0 aromatic heterocycles. The van der Waals surface area contributed by atoms with Crippen LogP contribution in [-0.4, -0.2) is 30.3 Å². The van der Waals surface area contributed by atoms with Crippen LogP contribution < -0.4 is 14.8 Å². The van der Waals surface area contributed by atoms with E-state index in [0.717, 1.165) is 4.90 Å². The van der Waals surface area contributed by atoms with Crippen molar-refractivity contribution in [2.75, 3.05) is 19.5 Å². The molecule has 0 radical (unpaired) electrons. The standard InChI is InChI=1S/C17H18N2O5S/c1-11(25-16-6-4-13(5-7-16)19(21)22)17(20)18-12-8-14(23-2)10-15(9-12)24-3/h4-11H,1-3H3,(H,18,20)/t11-/m1/s1. The molecular formula is C17H18N2O5S. The first-order valence-electron chi connectivity index (χ1n) is 7.38. The minimum Gasteiger partial charge on any atom is -0.497 e. The molecule has 2 rings (SSSR count). The second-order valence-electron chi connectivity index (χ2n) is 5.10. The van der Waals surface area contributed by atoms with E-state index < -0.39 is 10.2 Å². The number of non-ortho nitro benzene ring substituents is 1. The number of benzene rings is 2. The first-order valence-corrected chi connectivity index (χ1v) is 8.26. The molecule has 0 aliphatic carbocycles. The zero-order valence-corrected chi connectivity index (χ0v) is 14.8. The maximum Gasteiger partial charge on any atom is 0.269 e. The molecule has 0 heterocycles. The summed E-state index contributed by atoms with van der Waals surface area (Å²) in [5.41, 5.74) is 0.585. The van der Waals surface area contributed by atoms with Crippen molar-refractivity contribution in [1.82, 2.24) is 0 Å². The van der Waals surface area contributed by atoms with Crippen LogP contribution in [0.1, 0.15) is 6.92 Å². The number of anilines is 1. The Hall–Kier alpha value is -2.74. The SMILES string of the molecule is COc1cc(NC(=O)[C@@H](C)Sc2ccc([N+](=O)[O-])cc2)cc(OC)c1. The van der Waals surface area contributed by atoms with Gasteiger partial charge in [0.05, 0.1) is 24.4 Å². The van der Waals surface area contributed by atoms with Crippen molar-refractivity contribution in [2.45, 2.75) is 17.1 Å². The van der Waals surface area contributed by atoms with Crippen molar-refractivity contribution in [3.8, 4) is 11.5 Å². The molecule has 0 bridgehead atoms. The van der Waals surface area contributed by atoms with E-state index in [-0.39, 0.29) is 11.6 Å². The lowest BCUT2D eigenvalue weighted by Crippen LogP contribution is -2.22. The number of rotatable bonds is 7. The molecule has 25 heavy (non-hydrogen) atoms. The summed E-state index contributed by atoms with van der Waals surface area (Å²) in [6.07, 6.45) is 0. The van der Waals surface area contributed by atoms with Crippen LogP contribution in [0.3, 0.4) is 0 Å². The number of ether oxygens (including phenoxy) is 2. The van der Waals surface area contributed by atoms with Gasteiger partial charge in [-0.15, -0.1) is 11.8 Å². The third-order valence-corrected chi connectivity index (χ3v) is 4.46. The normalized spacial score (nSPS) is 11.5. The minimum absolute atomic E-state index is 0.0185. The quantitative estimate of drug-likeness (QED) is 0.458. The van der Waals surface area contributed by atoms with Crippen LogP contribution in [0.25, 0.3) is 0 Å². The second-order valence-corrected chi connectivity index (χ2v) is 6.52. The number of hydrogen-bond acceptors (Lipinski definition) is 6. The van der Waals surface area contributed by atoms with Gasteiger partial charge < -0.3 is 14.8 Å². The first kappa shape index (κ1) is 18.6. The molecule has 1 N–H and O–H groups in total. The van der Waals surface area contributed by atoms with Crippen LogP contribution >= 0.6 is 11.8 Å². The summed E-state index contributed by atoms with van der Waals surface area (Å²) in [7, 11) is 3.07. The molecule has 0 saturated heterocycles. The van der Waals surface area contributed by atoms with E-state index in [1.807, 2.05) is 0 Å². The zero-order valence-electron chi connectivity index (χ0n) is 14.0. The van der Waals surface area contributed by atoms with Gasteiger partial charge in [0, 0.05) is 40.9 Å². The van der Waals surface area contributed by atoms with Crippen LogP contribution in [0.5, 0.6) is 11.5 Å². The van der Waals surface area contributed by atoms with E-state index in [0.29, 0.717) is 17.2 Å². The lowest BCUT2D eigenvalue weighted by molar-refractivity contribution is -0.384. The highest BCUT2D eigenvalue weighted by atomic mass is 32.2. The van der Waals surface area contributed by atoms with Gasteiger partial charge in [-0.05, 0) is 19.1 Å². The highest BCUT2D eigenvalue weighted by Gasteiger charge is 2.16. The summed E-state index contributed by atoms with van der Waals surface area (Å²) in [5.74, 6) is 0.953. The van der Waals surface area contributed by atoms with Gasteiger partial charge in [-0.3, -0.25) is 14.9 Å². The number of nitrogens with zero attached hydrogens (tertiary/aromatic N) is 1. The molecule has 0 unspecified atom stereocenters. The van der Waals surface area contributed by atoms with Gasteiger partial charge in [0.25, 0.3) is 5.69 Å². The Morgan fingerprint density at radius 1 is 1.12 bits per heavy atom. The highest BCUT2D eigenvalue weighted by Crippen LogP contribution is 2.28. The van der Waals surface area contributed by atoms with E-state index in [2.05, 4.69) is 5.32 Å². The molecule has 2 aromatic rings. The molecular weight excluding hydrogens is 344 g/mol. The number of hydrogen-bond donors (Lipinski definition) is 1. The van der Waals surface area contributed by atoms with Crippen LogP contribution in [0.15, 0.2) is 47.4 Å². The Morgan fingerprint density at radius 3 is 2.16 bits per heavy atom. The molecule has 0 fully saturated rings. The Balaban J connectivity index is 2.03. The Bertz CT molecular complexity index is 742. The molecule has 8 heteroatoms. The van der Waals surface area contributed by atoms with Crippen molar-refractivity contribution in [3.05, 3.63) is 52.6 Å². The number of nitrogens with one attached hydrogen (secondary N) is 1.